The average molecular weight is 220 g/mol. The van der Waals surface area contributed by atoms with Gasteiger partial charge in [0.2, 0.25) is 0 Å². The van der Waals surface area contributed by atoms with Crippen LogP contribution in [0, 0.1) is 11.8 Å². The topological polar surface area (TPSA) is 54.2 Å². The van der Waals surface area contributed by atoms with Crippen molar-refractivity contribution >= 4 is 5.82 Å². The van der Waals surface area contributed by atoms with Gasteiger partial charge >= 0.3 is 0 Å². The van der Waals surface area contributed by atoms with E-state index in [1.54, 1.807) is 6.20 Å². The highest BCUT2D eigenvalue weighted by Crippen LogP contribution is 2.38. The minimum absolute atomic E-state index is 0.776. The van der Waals surface area contributed by atoms with Crippen LogP contribution in [0.25, 0.3) is 0 Å². The maximum atomic E-state index is 5.43. The van der Waals surface area contributed by atoms with E-state index in [0.717, 1.165) is 29.8 Å². The van der Waals surface area contributed by atoms with E-state index in [1.165, 1.54) is 13.0 Å². The molecule has 4 heteroatoms. The lowest BCUT2D eigenvalue weighted by atomic mass is 10.2. The highest BCUT2D eigenvalue weighted by atomic mass is 15.3. The molecule has 0 bridgehead atoms. The van der Waals surface area contributed by atoms with Gasteiger partial charge in [0, 0.05) is 24.8 Å². The molecule has 16 heavy (non-hydrogen) atoms. The number of hydrazine groups is 1. The zero-order valence-corrected chi connectivity index (χ0v) is 9.98. The molecule has 0 aromatic carbocycles. The second-order valence-corrected chi connectivity index (χ2v) is 4.83. The third kappa shape index (κ3) is 2.71. The van der Waals surface area contributed by atoms with Gasteiger partial charge in [-0.3, -0.25) is 0 Å². The van der Waals surface area contributed by atoms with Crippen molar-refractivity contribution in [2.45, 2.75) is 19.9 Å². The molecule has 1 fully saturated rings. The fourth-order valence-electron chi connectivity index (χ4n) is 2.11. The molecule has 2 atom stereocenters. The third-order valence-corrected chi connectivity index (χ3v) is 3.29. The SMILES string of the molecule is CC1CC1CN(C)Cc1cccnc1NN. The van der Waals surface area contributed by atoms with Gasteiger partial charge in [-0.15, -0.1) is 0 Å². The first-order valence-corrected chi connectivity index (χ1v) is 5.79. The first kappa shape index (κ1) is 11.4. The van der Waals surface area contributed by atoms with Crippen molar-refractivity contribution in [1.82, 2.24) is 9.88 Å². The molecule has 0 spiro atoms. The smallest absolute Gasteiger partial charge is 0.144 e. The molecule has 3 N–H and O–H groups in total. The second-order valence-electron chi connectivity index (χ2n) is 4.83. The summed E-state index contributed by atoms with van der Waals surface area (Å²) in [5.41, 5.74) is 3.79. The van der Waals surface area contributed by atoms with Crippen LogP contribution in [0.5, 0.6) is 0 Å². The summed E-state index contributed by atoms with van der Waals surface area (Å²) in [6, 6.07) is 4.01. The molecule has 2 unspecified atom stereocenters. The molecule has 0 amide bonds. The summed E-state index contributed by atoms with van der Waals surface area (Å²) in [7, 11) is 2.15. The Labute approximate surface area is 96.8 Å². The van der Waals surface area contributed by atoms with Crippen LogP contribution < -0.4 is 11.3 Å². The van der Waals surface area contributed by atoms with Crippen LogP contribution in [0.1, 0.15) is 18.9 Å². The predicted octanol–water partition coefficient (Wildman–Crippen LogP) is 1.45. The van der Waals surface area contributed by atoms with Gasteiger partial charge in [-0.25, -0.2) is 10.8 Å². The summed E-state index contributed by atoms with van der Waals surface area (Å²) < 4.78 is 0. The van der Waals surface area contributed by atoms with E-state index in [1.807, 2.05) is 6.07 Å². The number of hydrogen-bond acceptors (Lipinski definition) is 4. The molecule has 0 radical (unpaired) electrons. The van der Waals surface area contributed by atoms with E-state index in [4.69, 9.17) is 5.84 Å². The third-order valence-electron chi connectivity index (χ3n) is 3.29. The van der Waals surface area contributed by atoms with Gasteiger partial charge in [-0.2, -0.15) is 0 Å². The van der Waals surface area contributed by atoms with Gasteiger partial charge in [0.25, 0.3) is 0 Å². The molecule has 1 saturated carbocycles. The van der Waals surface area contributed by atoms with Gasteiger partial charge in [0.1, 0.15) is 5.82 Å². The quantitative estimate of drug-likeness (QED) is 0.582. The summed E-state index contributed by atoms with van der Waals surface area (Å²) >= 11 is 0. The van der Waals surface area contributed by atoms with Crippen molar-refractivity contribution in [1.29, 1.82) is 0 Å². The number of nitrogens with two attached hydrogens (primary N) is 1. The van der Waals surface area contributed by atoms with Crippen LogP contribution in [0.3, 0.4) is 0 Å². The number of pyridine rings is 1. The molecule has 1 aliphatic rings. The maximum absolute atomic E-state index is 5.43. The molecule has 88 valence electrons. The van der Waals surface area contributed by atoms with Crippen molar-refractivity contribution in [2.75, 3.05) is 19.0 Å². The molecule has 1 aliphatic carbocycles. The van der Waals surface area contributed by atoms with Gasteiger partial charge in [0.05, 0.1) is 0 Å². The summed E-state index contributed by atoms with van der Waals surface area (Å²) in [6.07, 6.45) is 3.13. The van der Waals surface area contributed by atoms with Crippen molar-refractivity contribution in [3.63, 3.8) is 0 Å². The van der Waals surface area contributed by atoms with E-state index in [-0.39, 0.29) is 0 Å². The molecule has 2 rings (SSSR count). The summed E-state index contributed by atoms with van der Waals surface area (Å²) in [4.78, 5) is 6.54. The molecule has 1 heterocycles. The Morgan fingerprint density at radius 1 is 1.62 bits per heavy atom. The molecular formula is C12H20N4. The number of anilines is 1. The van der Waals surface area contributed by atoms with E-state index >= 15 is 0 Å². The van der Waals surface area contributed by atoms with E-state index < -0.39 is 0 Å². The Morgan fingerprint density at radius 3 is 3.00 bits per heavy atom. The largest absolute Gasteiger partial charge is 0.308 e. The van der Waals surface area contributed by atoms with Crippen molar-refractivity contribution in [3.8, 4) is 0 Å². The number of nitrogens with zero attached hydrogens (tertiary/aromatic N) is 2. The van der Waals surface area contributed by atoms with Crippen LogP contribution >= 0.6 is 0 Å². The number of nitrogens with one attached hydrogen (secondary N) is 1. The number of nitrogen functional groups attached to an aromatic ring is 1. The fourth-order valence-corrected chi connectivity index (χ4v) is 2.11. The Morgan fingerprint density at radius 2 is 2.38 bits per heavy atom. The van der Waals surface area contributed by atoms with E-state index in [2.05, 4.69) is 35.3 Å². The molecule has 1 aromatic rings. The van der Waals surface area contributed by atoms with Crippen LogP contribution in [0.4, 0.5) is 5.82 Å². The van der Waals surface area contributed by atoms with Crippen molar-refractivity contribution in [2.24, 2.45) is 17.7 Å². The standard InChI is InChI=1S/C12H20N4/c1-9-6-11(9)8-16(2)7-10-4-3-5-14-12(10)15-13/h3-5,9,11H,6-8,13H2,1-2H3,(H,14,15). The summed E-state index contributed by atoms with van der Waals surface area (Å²) in [5, 5.41) is 0. The molecular weight excluding hydrogens is 200 g/mol. The van der Waals surface area contributed by atoms with Gasteiger partial charge < -0.3 is 10.3 Å². The number of hydrogen-bond donors (Lipinski definition) is 2. The minimum atomic E-state index is 0.776. The Kier molecular flexibility index (Phi) is 3.41. The zero-order chi connectivity index (χ0) is 11.5. The van der Waals surface area contributed by atoms with E-state index in [0.29, 0.717) is 0 Å². The molecule has 0 aliphatic heterocycles. The van der Waals surface area contributed by atoms with Crippen molar-refractivity contribution < 1.29 is 0 Å². The molecule has 0 saturated heterocycles. The molecule has 4 nitrogen and oxygen atoms in total. The summed E-state index contributed by atoms with van der Waals surface area (Å²) in [5.74, 6) is 8.00. The van der Waals surface area contributed by atoms with Gasteiger partial charge in [0.15, 0.2) is 0 Å². The van der Waals surface area contributed by atoms with Crippen LogP contribution in [-0.2, 0) is 6.54 Å². The second kappa shape index (κ2) is 4.80. The van der Waals surface area contributed by atoms with Crippen molar-refractivity contribution in [3.05, 3.63) is 23.9 Å². The zero-order valence-electron chi connectivity index (χ0n) is 9.98. The van der Waals surface area contributed by atoms with Gasteiger partial charge in [-0.1, -0.05) is 13.0 Å². The first-order valence-electron chi connectivity index (χ1n) is 5.79. The lowest BCUT2D eigenvalue weighted by molar-refractivity contribution is 0.307. The Balaban J connectivity index is 1.92. The van der Waals surface area contributed by atoms with Crippen LogP contribution in [0.2, 0.25) is 0 Å². The van der Waals surface area contributed by atoms with E-state index in [9.17, 15) is 0 Å². The first-order chi connectivity index (χ1) is 7.70. The highest BCUT2D eigenvalue weighted by molar-refractivity contribution is 5.42. The highest BCUT2D eigenvalue weighted by Gasteiger charge is 2.33. The monoisotopic (exact) mass is 220 g/mol. The Bertz CT molecular complexity index is 353. The normalized spacial score (nSPS) is 23.5. The maximum Gasteiger partial charge on any atom is 0.144 e. The minimum Gasteiger partial charge on any atom is -0.308 e. The predicted molar refractivity (Wildman–Crippen MR) is 65.7 cm³/mol. The average Bonchev–Trinajstić information content (AvgIpc) is 2.94. The van der Waals surface area contributed by atoms with Crippen LogP contribution in [-0.4, -0.2) is 23.5 Å². The summed E-state index contributed by atoms with van der Waals surface area (Å²) in [6.45, 7) is 4.38. The van der Waals surface area contributed by atoms with Crippen LogP contribution in [0.15, 0.2) is 18.3 Å². The fraction of sp³-hybridized carbons (Fsp3) is 0.583. The number of aromatic nitrogens is 1. The molecule has 1 aromatic heterocycles. The lowest BCUT2D eigenvalue weighted by Crippen LogP contribution is -2.22. The lowest BCUT2D eigenvalue weighted by Gasteiger charge is -2.17. The number of rotatable bonds is 5. The Hall–Kier alpha value is -1.13. The van der Waals surface area contributed by atoms with Gasteiger partial charge in [-0.05, 0) is 31.4 Å².